The maximum absolute atomic E-state index is 8.39. The molecular weight excluding hydrogens is 332 g/mol. The number of unbranched alkanes of at least 4 members (excludes halogenated alkanes) is 6. The van der Waals surface area contributed by atoms with Crippen molar-refractivity contribution in [2.45, 2.75) is 51.4 Å². The van der Waals surface area contributed by atoms with Gasteiger partial charge in [-0.05, 0) is 61.4 Å². The van der Waals surface area contributed by atoms with E-state index in [9.17, 15) is 0 Å². The van der Waals surface area contributed by atoms with E-state index in [0.717, 1.165) is 55.4 Å². The monoisotopic (exact) mass is 358 g/mol. The number of rotatable bonds is 14. The van der Waals surface area contributed by atoms with Gasteiger partial charge >= 0.3 is 0 Å². The largest absolute Gasteiger partial charge is 0.363 e. The fourth-order valence-electron chi connectivity index (χ4n) is 1.86. The number of hydrogen-bond acceptors (Lipinski definition) is 5. The molecule has 0 atom stereocenters. The summed E-state index contributed by atoms with van der Waals surface area (Å²) in [5.74, 6) is 1.89. The van der Waals surface area contributed by atoms with Crippen LogP contribution in [-0.2, 0) is 0 Å². The van der Waals surface area contributed by atoms with Crippen LogP contribution >= 0.6 is 35.7 Å². The van der Waals surface area contributed by atoms with Crippen molar-refractivity contribution in [2.75, 3.05) is 24.6 Å². The average molecular weight is 359 g/mol. The molecule has 0 aromatic rings. The Labute approximate surface area is 148 Å². The summed E-state index contributed by atoms with van der Waals surface area (Å²) in [6.07, 6.45) is 9.21. The zero-order valence-corrected chi connectivity index (χ0v) is 15.6. The third kappa shape index (κ3) is 17.4. The lowest BCUT2D eigenvalue weighted by Crippen LogP contribution is -2.36. The molecule has 0 rings (SSSR count). The smallest absolute Gasteiger partial charge is 0.166 e. The third-order valence-corrected chi connectivity index (χ3v) is 4.58. The molecule has 0 aromatic heterocycles. The van der Waals surface area contributed by atoms with Crippen LogP contribution in [0.2, 0.25) is 0 Å². The molecule has 0 heterocycles. The average Bonchev–Trinajstić information content (AvgIpc) is 2.52. The van der Waals surface area contributed by atoms with E-state index in [0.29, 0.717) is 0 Å². The molecule has 0 radical (unpaired) electrons. The molecule has 0 saturated heterocycles. The molecule has 0 saturated carbocycles. The first-order valence-corrected chi connectivity index (χ1v) is 10.2. The van der Waals surface area contributed by atoms with Crippen LogP contribution in [0.25, 0.3) is 0 Å². The minimum Gasteiger partial charge on any atom is -0.363 e. The van der Waals surface area contributed by atoms with E-state index in [1.54, 1.807) is 0 Å². The lowest BCUT2D eigenvalue weighted by Gasteiger charge is -2.10. The second kappa shape index (κ2) is 18.4. The van der Waals surface area contributed by atoms with Gasteiger partial charge in [-0.15, -0.1) is 0 Å². The molecular formula is C15H26N4S3. The topological polar surface area (TPSA) is 71.6 Å². The molecule has 0 bridgehead atoms. The van der Waals surface area contributed by atoms with E-state index >= 15 is 0 Å². The number of nitriles is 2. The summed E-state index contributed by atoms with van der Waals surface area (Å²) in [7, 11) is 0. The summed E-state index contributed by atoms with van der Waals surface area (Å²) in [5.41, 5.74) is 0. The summed E-state index contributed by atoms with van der Waals surface area (Å²) in [5, 5.41) is 28.2. The molecule has 7 heteroatoms. The van der Waals surface area contributed by atoms with E-state index < -0.39 is 0 Å². The Balaban J connectivity index is 3.17. The molecule has 22 heavy (non-hydrogen) atoms. The SMILES string of the molecule is N#CSCCCCCCNC(=S)NCCCCCCSC#N. The second-order valence-corrected chi connectivity index (χ2v) is 7.06. The maximum Gasteiger partial charge on any atom is 0.166 e. The Morgan fingerprint density at radius 1 is 0.727 bits per heavy atom. The van der Waals surface area contributed by atoms with Crippen LogP contribution in [0.1, 0.15) is 51.4 Å². The first-order valence-electron chi connectivity index (χ1n) is 7.84. The number of thiocarbonyl (C=S) groups is 1. The van der Waals surface area contributed by atoms with Gasteiger partial charge < -0.3 is 10.6 Å². The molecule has 0 fully saturated rings. The van der Waals surface area contributed by atoms with Crippen molar-refractivity contribution in [1.29, 1.82) is 10.5 Å². The van der Waals surface area contributed by atoms with E-state index in [4.69, 9.17) is 22.7 Å². The first kappa shape index (κ1) is 21.4. The summed E-state index contributed by atoms with van der Waals surface area (Å²) in [6, 6.07) is 0. The van der Waals surface area contributed by atoms with Gasteiger partial charge in [0.25, 0.3) is 0 Å². The predicted molar refractivity (Wildman–Crippen MR) is 102 cm³/mol. The highest BCUT2D eigenvalue weighted by atomic mass is 32.2. The van der Waals surface area contributed by atoms with Crippen molar-refractivity contribution < 1.29 is 0 Å². The Kier molecular flexibility index (Phi) is 17.9. The quantitative estimate of drug-likeness (QED) is 0.276. The molecule has 4 nitrogen and oxygen atoms in total. The lowest BCUT2D eigenvalue weighted by atomic mass is 10.2. The van der Waals surface area contributed by atoms with E-state index in [1.807, 2.05) is 0 Å². The minimum absolute atomic E-state index is 0.750. The van der Waals surface area contributed by atoms with Crippen LogP contribution in [-0.4, -0.2) is 29.7 Å². The van der Waals surface area contributed by atoms with Gasteiger partial charge in [-0.25, -0.2) is 0 Å². The van der Waals surface area contributed by atoms with Gasteiger partial charge in [0, 0.05) is 24.6 Å². The first-order chi connectivity index (χ1) is 10.8. The van der Waals surface area contributed by atoms with Crippen molar-refractivity contribution in [3.8, 4) is 10.8 Å². The summed E-state index contributed by atoms with van der Waals surface area (Å²) >= 11 is 7.90. The predicted octanol–water partition coefficient (Wildman–Crippen LogP) is 4.00. The lowest BCUT2D eigenvalue weighted by molar-refractivity contribution is 0.638. The van der Waals surface area contributed by atoms with Crippen LogP contribution in [0, 0.1) is 21.3 Å². The van der Waals surface area contributed by atoms with E-state index in [-0.39, 0.29) is 0 Å². The van der Waals surface area contributed by atoms with Gasteiger partial charge in [-0.3, -0.25) is 0 Å². The van der Waals surface area contributed by atoms with Crippen LogP contribution in [0.5, 0.6) is 0 Å². The molecule has 0 aliphatic rings. The van der Waals surface area contributed by atoms with Crippen molar-refractivity contribution >= 4 is 40.9 Å². The molecule has 124 valence electrons. The van der Waals surface area contributed by atoms with Gasteiger partial charge in [-0.2, -0.15) is 10.5 Å². The van der Waals surface area contributed by atoms with Crippen molar-refractivity contribution in [3.05, 3.63) is 0 Å². The van der Waals surface area contributed by atoms with Crippen LogP contribution < -0.4 is 10.6 Å². The molecule has 0 amide bonds. The normalized spacial score (nSPS) is 9.73. The van der Waals surface area contributed by atoms with Gasteiger partial charge in [-0.1, -0.05) is 25.7 Å². The number of hydrogen-bond donors (Lipinski definition) is 2. The van der Waals surface area contributed by atoms with Gasteiger partial charge in [0.1, 0.15) is 10.8 Å². The highest BCUT2D eigenvalue weighted by molar-refractivity contribution is 8.03. The Bertz CT molecular complexity index is 318. The number of thioether (sulfide) groups is 2. The second-order valence-electron chi connectivity index (χ2n) is 4.89. The van der Waals surface area contributed by atoms with Crippen LogP contribution in [0.15, 0.2) is 0 Å². The Morgan fingerprint density at radius 2 is 1.14 bits per heavy atom. The fraction of sp³-hybridized carbons (Fsp3) is 0.800. The van der Waals surface area contributed by atoms with E-state index in [2.05, 4.69) is 21.4 Å². The molecule has 0 aliphatic heterocycles. The summed E-state index contributed by atoms with van der Waals surface area (Å²) in [4.78, 5) is 0. The van der Waals surface area contributed by atoms with Gasteiger partial charge in [0.05, 0.1) is 0 Å². The standard InChI is InChI=1S/C15H26N4S3/c16-13-21-11-7-3-1-5-9-18-15(20)19-10-6-2-4-8-12-22-14-17/h1-12H2,(H2,18,19,20). The number of thiocyanates is 2. The minimum atomic E-state index is 0.750. The molecule has 0 aliphatic carbocycles. The highest BCUT2D eigenvalue weighted by Crippen LogP contribution is 2.06. The highest BCUT2D eigenvalue weighted by Gasteiger charge is 1.96. The van der Waals surface area contributed by atoms with Gasteiger partial charge in [0.2, 0.25) is 0 Å². The zero-order valence-electron chi connectivity index (χ0n) is 13.1. The zero-order chi connectivity index (χ0) is 16.3. The maximum atomic E-state index is 8.39. The Hall–Kier alpha value is -0.630. The van der Waals surface area contributed by atoms with Crippen molar-refractivity contribution in [1.82, 2.24) is 10.6 Å². The number of nitrogens with one attached hydrogen (secondary N) is 2. The molecule has 0 spiro atoms. The van der Waals surface area contributed by atoms with Crippen LogP contribution in [0.3, 0.4) is 0 Å². The van der Waals surface area contributed by atoms with Crippen molar-refractivity contribution in [3.63, 3.8) is 0 Å². The fourth-order valence-corrected chi connectivity index (χ4v) is 2.95. The van der Waals surface area contributed by atoms with Crippen molar-refractivity contribution in [2.24, 2.45) is 0 Å². The third-order valence-electron chi connectivity index (χ3n) is 3.05. The molecule has 0 unspecified atom stereocenters. The molecule has 2 N–H and O–H groups in total. The van der Waals surface area contributed by atoms with Crippen LogP contribution in [0.4, 0.5) is 0 Å². The van der Waals surface area contributed by atoms with Gasteiger partial charge in [0.15, 0.2) is 5.11 Å². The van der Waals surface area contributed by atoms with E-state index in [1.165, 1.54) is 49.2 Å². The molecule has 0 aromatic carbocycles. The Morgan fingerprint density at radius 3 is 1.55 bits per heavy atom. The summed E-state index contributed by atoms with van der Waals surface area (Å²) in [6.45, 7) is 1.84. The summed E-state index contributed by atoms with van der Waals surface area (Å²) < 4.78 is 0. The number of nitrogens with zero attached hydrogens (tertiary/aromatic N) is 2.